The third-order valence-electron chi connectivity index (χ3n) is 1.39. The smallest absolute Gasteiger partial charge is 0.231 e. The van der Waals surface area contributed by atoms with Gasteiger partial charge in [0, 0.05) is 11.4 Å². The molecule has 1 aromatic rings. The van der Waals surface area contributed by atoms with Crippen LogP contribution in [-0.4, -0.2) is 19.0 Å². The summed E-state index contributed by atoms with van der Waals surface area (Å²) < 4.78 is 0. The van der Waals surface area contributed by atoms with Gasteiger partial charge in [0.15, 0.2) is 0 Å². The summed E-state index contributed by atoms with van der Waals surface area (Å²) in [6.07, 6.45) is 3.98. The van der Waals surface area contributed by atoms with Crippen molar-refractivity contribution in [2.24, 2.45) is 5.73 Å². The Labute approximate surface area is 81.3 Å². The van der Waals surface area contributed by atoms with Gasteiger partial charge < -0.3 is 11.1 Å². The van der Waals surface area contributed by atoms with Crippen LogP contribution in [0.2, 0.25) is 0 Å². The van der Waals surface area contributed by atoms with Crippen molar-refractivity contribution in [2.75, 3.05) is 13.1 Å². The van der Waals surface area contributed by atoms with Crippen LogP contribution in [0.3, 0.4) is 0 Å². The molecule has 1 aromatic heterocycles. The van der Waals surface area contributed by atoms with E-state index < -0.39 is 0 Å². The van der Waals surface area contributed by atoms with Crippen molar-refractivity contribution in [3.63, 3.8) is 0 Å². The Morgan fingerprint density at radius 2 is 2.54 bits per heavy atom. The molecule has 1 amide bonds. The van der Waals surface area contributed by atoms with Crippen LogP contribution in [0.5, 0.6) is 0 Å². The fourth-order valence-corrected chi connectivity index (χ4v) is 1.49. The second-order valence-electron chi connectivity index (χ2n) is 2.52. The predicted molar refractivity (Wildman–Crippen MR) is 55.4 cm³/mol. The lowest BCUT2D eigenvalue weighted by Crippen LogP contribution is -2.28. The van der Waals surface area contributed by atoms with Crippen LogP contribution in [0.4, 0.5) is 0 Å². The van der Waals surface area contributed by atoms with Crippen LogP contribution in [0.25, 0.3) is 6.08 Å². The maximum absolute atomic E-state index is 10.3. The summed E-state index contributed by atoms with van der Waals surface area (Å²) >= 11 is 1.68. The summed E-state index contributed by atoms with van der Waals surface area (Å²) in [6, 6.07) is 4.04. The Morgan fingerprint density at radius 1 is 1.69 bits per heavy atom. The van der Waals surface area contributed by atoms with Gasteiger partial charge >= 0.3 is 0 Å². The first-order valence-corrected chi connectivity index (χ1v) is 4.86. The second-order valence-corrected chi connectivity index (χ2v) is 3.49. The molecule has 0 aliphatic heterocycles. The summed E-state index contributed by atoms with van der Waals surface area (Å²) in [5.74, 6) is -0.329. The molecule has 3 N–H and O–H groups in total. The van der Waals surface area contributed by atoms with Crippen molar-refractivity contribution in [2.45, 2.75) is 0 Å². The lowest BCUT2D eigenvalue weighted by molar-refractivity contribution is -0.117. The highest BCUT2D eigenvalue weighted by molar-refractivity contribution is 7.10. The van der Waals surface area contributed by atoms with Gasteiger partial charge in [-0.15, -0.1) is 11.3 Å². The fourth-order valence-electron chi connectivity index (χ4n) is 0.840. The van der Waals surface area contributed by atoms with Gasteiger partial charge in [0.25, 0.3) is 0 Å². The van der Waals surface area contributed by atoms with Crippen LogP contribution >= 0.6 is 11.3 Å². The van der Waals surface area contributed by atoms with Gasteiger partial charge in [-0.3, -0.25) is 4.79 Å². The first-order chi connectivity index (χ1) is 6.29. The Bertz CT molecular complexity index is 280. The Balaban J connectivity index is 2.16. The molecule has 0 aliphatic rings. The quantitative estimate of drug-likeness (QED) is 0.685. The van der Waals surface area contributed by atoms with Gasteiger partial charge in [-0.05, 0) is 17.5 Å². The molecule has 1 rings (SSSR count). The van der Waals surface area contributed by atoms with Crippen molar-refractivity contribution in [1.29, 1.82) is 0 Å². The molecule has 1 heterocycles. The van der Waals surface area contributed by atoms with Gasteiger partial charge in [0.1, 0.15) is 0 Å². The standard InChI is InChI=1S/C9H12N2OS/c10-9(12)7-11-5-1-3-8-4-2-6-13-8/h1-4,6,11H,5,7H2,(H2,10,12). The molecule has 0 aromatic carbocycles. The number of hydrogen-bond donors (Lipinski definition) is 2. The highest BCUT2D eigenvalue weighted by atomic mass is 32.1. The minimum atomic E-state index is -0.329. The van der Waals surface area contributed by atoms with Crippen molar-refractivity contribution < 1.29 is 4.79 Å². The zero-order chi connectivity index (χ0) is 9.52. The average Bonchev–Trinajstić information content (AvgIpc) is 2.55. The molecular formula is C9H12N2OS. The van der Waals surface area contributed by atoms with E-state index in [9.17, 15) is 4.79 Å². The maximum atomic E-state index is 10.3. The normalized spacial score (nSPS) is 10.8. The number of primary amides is 1. The average molecular weight is 196 g/mol. The molecule has 0 saturated heterocycles. The summed E-state index contributed by atoms with van der Waals surface area (Å²) in [4.78, 5) is 11.5. The third kappa shape index (κ3) is 4.45. The third-order valence-corrected chi connectivity index (χ3v) is 2.22. The van der Waals surface area contributed by atoms with E-state index in [0.29, 0.717) is 6.54 Å². The van der Waals surface area contributed by atoms with E-state index in [2.05, 4.69) is 5.32 Å². The van der Waals surface area contributed by atoms with Crippen molar-refractivity contribution >= 4 is 23.3 Å². The Kier molecular flexibility index (Phi) is 4.21. The summed E-state index contributed by atoms with van der Waals surface area (Å²) in [5.41, 5.74) is 4.95. The largest absolute Gasteiger partial charge is 0.369 e. The van der Waals surface area contributed by atoms with E-state index >= 15 is 0 Å². The van der Waals surface area contributed by atoms with Gasteiger partial charge in [-0.2, -0.15) is 0 Å². The van der Waals surface area contributed by atoms with Crippen LogP contribution < -0.4 is 11.1 Å². The first kappa shape index (κ1) is 9.95. The number of hydrogen-bond acceptors (Lipinski definition) is 3. The molecule has 0 spiro atoms. The van der Waals surface area contributed by atoms with E-state index in [1.54, 1.807) is 11.3 Å². The SMILES string of the molecule is NC(=O)CNCC=Cc1cccs1. The van der Waals surface area contributed by atoms with E-state index in [4.69, 9.17) is 5.73 Å². The summed E-state index contributed by atoms with van der Waals surface area (Å²) in [5, 5.41) is 4.91. The van der Waals surface area contributed by atoms with E-state index in [1.165, 1.54) is 4.88 Å². The fraction of sp³-hybridized carbons (Fsp3) is 0.222. The number of rotatable bonds is 5. The van der Waals surface area contributed by atoms with Crippen LogP contribution in [0.15, 0.2) is 23.6 Å². The molecule has 0 unspecified atom stereocenters. The lowest BCUT2D eigenvalue weighted by Gasteiger charge is -1.94. The Hall–Kier alpha value is -1.13. The van der Waals surface area contributed by atoms with Crippen LogP contribution in [-0.2, 0) is 4.79 Å². The molecule has 0 fully saturated rings. The molecule has 13 heavy (non-hydrogen) atoms. The number of nitrogens with two attached hydrogens (primary N) is 1. The van der Waals surface area contributed by atoms with Crippen molar-refractivity contribution in [3.8, 4) is 0 Å². The number of nitrogens with one attached hydrogen (secondary N) is 1. The molecule has 0 aliphatic carbocycles. The van der Waals surface area contributed by atoms with Gasteiger partial charge in [0.05, 0.1) is 6.54 Å². The molecule has 0 radical (unpaired) electrons. The van der Waals surface area contributed by atoms with Gasteiger partial charge in [0.2, 0.25) is 5.91 Å². The zero-order valence-corrected chi connectivity index (χ0v) is 8.01. The molecular weight excluding hydrogens is 184 g/mol. The number of carbonyl (C=O) groups is 1. The topological polar surface area (TPSA) is 55.1 Å². The number of amides is 1. The first-order valence-electron chi connectivity index (χ1n) is 3.98. The summed E-state index contributed by atoms with van der Waals surface area (Å²) in [7, 11) is 0. The second kappa shape index (κ2) is 5.50. The summed E-state index contributed by atoms with van der Waals surface area (Å²) in [6.45, 7) is 0.898. The van der Waals surface area contributed by atoms with Gasteiger partial charge in [-0.1, -0.05) is 12.1 Å². The molecule has 70 valence electrons. The lowest BCUT2D eigenvalue weighted by atomic mass is 10.4. The van der Waals surface area contributed by atoms with E-state index in [-0.39, 0.29) is 12.5 Å². The van der Waals surface area contributed by atoms with Crippen molar-refractivity contribution in [1.82, 2.24) is 5.32 Å². The van der Waals surface area contributed by atoms with Gasteiger partial charge in [-0.25, -0.2) is 0 Å². The van der Waals surface area contributed by atoms with Crippen molar-refractivity contribution in [3.05, 3.63) is 28.5 Å². The van der Waals surface area contributed by atoms with E-state index in [0.717, 1.165) is 0 Å². The molecule has 3 nitrogen and oxygen atoms in total. The minimum absolute atomic E-state index is 0.231. The molecule has 0 saturated carbocycles. The zero-order valence-electron chi connectivity index (χ0n) is 7.19. The maximum Gasteiger partial charge on any atom is 0.231 e. The molecule has 0 atom stereocenters. The van der Waals surface area contributed by atoms with Crippen LogP contribution in [0.1, 0.15) is 4.88 Å². The number of thiophene rings is 1. The predicted octanol–water partition coefficient (Wildman–Crippen LogP) is 0.836. The highest BCUT2D eigenvalue weighted by Gasteiger charge is 1.89. The Morgan fingerprint density at radius 3 is 3.15 bits per heavy atom. The monoisotopic (exact) mass is 196 g/mol. The number of carbonyl (C=O) groups excluding carboxylic acids is 1. The molecule has 0 bridgehead atoms. The molecule has 4 heteroatoms. The highest BCUT2D eigenvalue weighted by Crippen LogP contribution is 2.09. The van der Waals surface area contributed by atoms with E-state index in [1.807, 2.05) is 29.7 Å². The minimum Gasteiger partial charge on any atom is -0.369 e. The van der Waals surface area contributed by atoms with Crippen LogP contribution in [0, 0.1) is 0 Å².